The van der Waals surface area contributed by atoms with Gasteiger partial charge in [-0.3, -0.25) is 4.79 Å². The second kappa shape index (κ2) is 6.28. The third-order valence-corrected chi connectivity index (χ3v) is 5.37. The molecule has 21 heavy (non-hydrogen) atoms. The van der Waals surface area contributed by atoms with Crippen LogP contribution in [-0.4, -0.2) is 47.3 Å². The van der Waals surface area contributed by atoms with E-state index in [0.717, 1.165) is 31.0 Å². The van der Waals surface area contributed by atoms with Crippen LogP contribution in [0.15, 0.2) is 30.3 Å². The Labute approximate surface area is 129 Å². The summed E-state index contributed by atoms with van der Waals surface area (Å²) in [6, 6.07) is 10.4. The number of thioether (sulfide) groups is 1. The quantitative estimate of drug-likeness (QED) is 0.891. The highest BCUT2D eigenvalue weighted by molar-refractivity contribution is 7.99. The molecule has 1 aromatic rings. The molecule has 0 spiro atoms. The summed E-state index contributed by atoms with van der Waals surface area (Å²) in [7, 11) is 0. The van der Waals surface area contributed by atoms with Gasteiger partial charge in [0.25, 0.3) is 5.91 Å². The summed E-state index contributed by atoms with van der Waals surface area (Å²) in [4.78, 5) is 14.6. The molecule has 2 N–H and O–H groups in total. The van der Waals surface area contributed by atoms with Crippen molar-refractivity contribution in [1.82, 2.24) is 5.32 Å². The minimum absolute atomic E-state index is 0.135. The van der Waals surface area contributed by atoms with Crippen LogP contribution in [-0.2, 0) is 4.79 Å². The van der Waals surface area contributed by atoms with Gasteiger partial charge >= 0.3 is 0 Å². The Hall–Kier alpha value is -1.20. The van der Waals surface area contributed by atoms with Crippen LogP contribution < -0.4 is 10.2 Å². The fraction of sp³-hybridized carbons (Fsp3) is 0.562. The van der Waals surface area contributed by atoms with Gasteiger partial charge in [0.05, 0.1) is 0 Å². The Kier molecular flexibility index (Phi) is 4.40. The third-order valence-electron chi connectivity index (χ3n) is 4.39. The van der Waals surface area contributed by atoms with Crippen molar-refractivity contribution in [3.63, 3.8) is 0 Å². The molecule has 0 radical (unpaired) electrons. The third kappa shape index (κ3) is 3.35. The molecule has 1 atom stereocenters. The molecule has 5 heteroatoms. The Bertz CT molecular complexity index is 488. The average Bonchev–Trinajstić information content (AvgIpc) is 2.97. The minimum atomic E-state index is -1.15. The molecule has 2 heterocycles. The maximum atomic E-state index is 12.3. The van der Waals surface area contributed by atoms with Crippen molar-refractivity contribution in [3.8, 4) is 0 Å². The van der Waals surface area contributed by atoms with Crippen molar-refractivity contribution in [3.05, 3.63) is 30.3 Å². The average molecular weight is 306 g/mol. The first-order valence-electron chi connectivity index (χ1n) is 7.58. The number of nitrogens with zero attached hydrogens (tertiary/aromatic N) is 1. The molecule has 4 nitrogen and oxygen atoms in total. The summed E-state index contributed by atoms with van der Waals surface area (Å²) in [6.45, 7) is 1.77. The first-order chi connectivity index (χ1) is 10.2. The minimum Gasteiger partial charge on any atom is -0.380 e. The maximum Gasteiger partial charge on any atom is 0.252 e. The number of rotatable bonds is 3. The number of amides is 1. The molecule has 0 saturated carbocycles. The van der Waals surface area contributed by atoms with Crippen molar-refractivity contribution in [2.24, 2.45) is 0 Å². The molecule has 2 aliphatic rings. The molecule has 0 bridgehead atoms. The number of carbonyl (C=O) groups excluding carboxylic acids is 1. The lowest BCUT2D eigenvalue weighted by atomic mass is 9.95. The van der Waals surface area contributed by atoms with Gasteiger partial charge in [0.15, 0.2) is 0 Å². The number of anilines is 1. The summed E-state index contributed by atoms with van der Waals surface area (Å²) in [5.74, 6) is 1.55. The molecule has 114 valence electrons. The van der Waals surface area contributed by atoms with Gasteiger partial charge in [-0.1, -0.05) is 18.2 Å². The van der Waals surface area contributed by atoms with Crippen molar-refractivity contribution in [2.75, 3.05) is 29.5 Å². The van der Waals surface area contributed by atoms with Crippen LogP contribution in [0.1, 0.15) is 19.3 Å². The number of hydrogen-bond donors (Lipinski definition) is 2. The largest absolute Gasteiger partial charge is 0.380 e. The lowest BCUT2D eigenvalue weighted by Crippen LogP contribution is -2.52. The zero-order chi connectivity index (χ0) is 14.7. The second-order valence-electron chi connectivity index (χ2n) is 5.88. The number of hydrogen-bond acceptors (Lipinski definition) is 4. The molecular formula is C16H22N2O2S. The van der Waals surface area contributed by atoms with E-state index in [0.29, 0.717) is 12.8 Å². The van der Waals surface area contributed by atoms with Crippen molar-refractivity contribution in [1.29, 1.82) is 0 Å². The fourth-order valence-electron chi connectivity index (χ4n) is 3.01. The van der Waals surface area contributed by atoms with Crippen molar-refractivity contribution < 1.29 is 9.90 Å². The predicted octanol–water partition coefficient (Wildman–Crippen LogP) is 1.64. The smallest absolute Gasteiger partial charge is 0.252 e. The van der Waals surface area contributed by atoms with Crippen LogP contribution in [0, 0.1) is 0 Å². The van der Waals surface area contributed by atoms with Gasteiger partial charge in [-0.05, 0) is 42.9 Å². The lowest BCUT2D eigenvalue weighted by Gasteiger charge is -2.31. The van der Waals surface area contributed by atoms with Crippen LogP contribution in [0.4, 0.5) is 5.69 Å². The van der Waals surface area contributed by atoms with E-state index in [2.05, 4.69) is 22.3 Å². The number of carbonyl (C=O) groups is 1. The SMILES string of the molecule is O=C(NC1CCN(c2ccccc2)C1)C1(O)CCSCC1. The van der Waals surface area contributed by atoms with Gasteiger partial charge in [0, 0.05) is 24.8 Å². The van der Waals surface area contributed by atoms with Gasteiger partial charge in [-0.25, -0.2) is 0 Å². The van der Waals surface area contributed by atoms with Crippen molar-refractivity contribution >= 4 is 23.4 Å². The number of para-hydroxylation sites is 1. The Morgan fingerprint density at radius 1 is 1.29 bits per heavy atom. The van der Waals surface area contributed by atoms with E-state index in [9.17, 15) is 9.90 Å². The zero-order valence-corrected chi connectivity index (χ0v) is 12.9. The van der Waals surface area contributed by atoms with E-state index in [1.54, 1.807) is 11.8 Å². The van der Waals surface area contributed by atoms with Crippen LogP contribution in [0.2, 0.25) is 0 Å². The van der Waals surface area contributed by atoms with Crippen LogP contribution in [0.25, 0.3) is 0 Å². The summed E-state index contributed by atoms with van der Waals surface area (Å²) < 4.78 is 0. The zero-order valence-electron chi connectivity index (χ0n) is 12.1. The first-order valence-corrected chi connectivity index (χ1v) is 8.74. The van der Waals surface area contributed by atoms with Crippen LogP contribution in [0.5, 0.6) is 0 Å². The maximum absolute atomic E-state index is 12.3. The molecule has 1 amide bonds. The van der Waals surface area contributed by atoms with Gasteiger partial charge < -0.3 is 15.3 Å². The lowest BCUT2D eigenvalue weighted by molar-refractivity contribution is -0.141. The normalized spacial score (nSPS) is 24.8. The summed E-state index contributed by atoms with van der Waals surface area (Å²) in [6.07, 6.45) is 2.07. The van der Waals surface area contributed by atoms with E-state index in [-0.39, 0.29) is 11.9 Å². The van der Waals surface area contributed by atoms with Crippen LogP contribution >= 0.6 is 11.8 Å². The number of nitrogens with one attached hydrogen (secondary N) is 1. The Morgan fingerprint density at radius 2 is 2.00 bits per heavy atom. The summed E-state index contributed by atoms with van der Waals surface area (Å²) in [5.41, 5.74) is 0.0489. The van der Waals surface area contributed by atoms with E-state index >= 15 is 0 Å². The summed E-state index contributed by atoms with van der Waals surface area (Å²) in [5, 5.41) is 13.5. The van der Waals surface area contributed by atoms with Gasteiger partial charge in [0.2, 0.25) is 0 Å². The monoisotopic (exact) mass is 306 g/mol. The van der Waals surface area contributed by atoms with E-state index < -0.39 is 5.60 Å². The fourth-order valence-corrected chi connectivity index (χ4v) is 4.18. The highest BCUT2D eigenvalue weighted by atomic mass is 32.2. The number of aliphatic hydroxyl groups is 1. The molecule has 2 aliphatic heterocycles. The molecule has 0 aromatic heterocycles. The highest BCUT2D eigenvalue weighted by Crippen LogP contribution is 2.28. The first kappa shape index (κ1) is 14.7. The van der Waals surface area contributed by atoms with Crippen LogP contribution in [0.3, 0.4) is 0 Å². The van der Waals surface area contributed by atoms with Crippen molar-refractivity contribution in [2.45, 2.75) is 30.9 Å². The van der Waals surface area contributed by atoms with Gasteiger partial charge in [-0.15, -0.1) is 0 Å². The standard InChI is InChI=1S/C16H22N2O2S/c19-15(16(20)7-10-21-11-8-16)17-13-6-9-18(12-13)14-4-2-1-3-5-14/h1-5,13,20H,6-12H2,(H,17,19). The molecule has 1 unspecified atom stereocenters. The van der Waals surface area contributed by atoms with Gasteiger partial charge in [0.1, 0.15) is 5.60 Å². The molecular weight excluding hydrogens is 284 g/mol. The van der Waals surface area contributed by atoms with E-state index in [1.807, 2.05) is 18.2 Å². The Morgan fingerprint density at radius 3 is 2.71 bits per heavy atom. The highest BCUT2D eigenvalue weighted by Gasteiger charge is 2.39. The van der Waals surface area contributed by atoms with E-state index in [4.69, 9.17) is 0 Å². The second-order valence-corrected chi connectivity index (χ2v) is 7.11. The molecule has 1 aromatic carbocycles. The van der Waals surface area contributed by atoms with Gasteiger partial charge in [-0.2, -0.15) is 11.8 Å². The molecule has 0 aliphatic carbocycles. The molecule has 2 saturated heterocycles. The Balaban J connectivity index is 1.56. The topological polar surface area (TPSA) is 52.6 Å². The number of benzene rings is 1. The molecule has 2 fully saturated rings. The van der Waals surface area contributed by atoms with E-state index in [1.165, 1.54) is 5.69 Å². The predicted molar refractivity (Wildman–Crippen MR) is 86.7 cm³/mol. The molecule has 3 rings (SSSR count). The summed E-state index contributed by atoms with van der Waals surface area (Å²) >= 11 is 1.81.